The van der Waals surface area contributed by atoms with Gasteiger partial charge < -0.3 is 10.4 Å². The first-order valence-corrected chi connectivity index (χ1v) is 8.41. The van der Waals surface area contributed by atoms with Gasteiger partial charge in [-0.15, -0.1) is 0 Å². The van der Waals surface area contributed by atoms with Crippen LogP contribution < -0.4 is 5.32 Å². The van der Waals surface area contributed by atoms with Gasteiger partial charge in [0.15, 0.2) is 0 Å². The zero-order valence-corrected chi connectivity index (χ0v) is 14.8. The van der Waals surface area contributed by atoms with E-state index in [1.807, 2.05) is 18.2 Å². The predicted molar refractivity (Wildman–Crippen MR) is 96.7 cm³/mol. The lowest BCUT2D eigenvalue weighted by atomic mass is 10.1. The lowest BCUT2D eigenvalue weighted by Crippen LogP contribution is -2.32. The number of nitrogens with one attached hydrogen (secondary N) is 1. The molecule has 0 saturated carbocycles. The van der Waals surface area contributed by atoms with Gasteiger partial charge in [-0.1, -0.05) is 35.9 Å². The highest BCUT2D eigenvalue weighted by Crippen LogP contribution is 2.17. The molecule has 0 amide bonds. The number of aliphatic hydroxyl groups is 1. The third kappa shape index (κ3) is 5.58. The van der Waals surface area contributed by atoms with Crippen molar-refractivity contribution in [3.63, 3.8) is 0 Å². The Morgan fingerprint density at radius 3 is 2.57 bits per heavy atom. The first-order valence-electron chi connectivity index (χ1n) is 6.96. The fourth-order valence-corrected chi connectivity index (χ4v) is 2.75. The predicted octanol–water partition coefficient (Wildman–Crippen LogP) is 4.20. The van der Waals surface area contributed by atoms with Gasteiger partial charge in [-0.2, -0.15) is 0 Å². The van der Waals surface area contributed by atoms with Gasteiger partial charge in [0.2, 0.25) is 0 Å². The Labute approximate surface area is 144 Å². The molecule has 2 N–H and O–H groups in total. The van der Waals surface area contributed by atoms with Gasteiger partial charge in [0, 0.05) is 21.2 Å². The van der Waals surface area contributed by atoms with Crippen LogP contribution in [0.2, 0.25) is 5.02 Å². The van der Waals surface area contributed by atoms with E-state index in [4.69, 9.17) is 11.6 Å². The van der Waals surface area contributed by atoms with Gasteiger partial charge in [0.05, 0.1) is 6.10 Å². The van der Waals surface area contributed by atoms with Gasteiger partial charge in [0.1, 0.15) is 0 Å². The lowest BCUT2D eigenvalue weighted by Gasteiger charge is -2.17. The highest BCUT2D eigenvalue weighted by molar-refractivity contribution is 14.1. The van der Waals surface area contributed by atoms with Gasteiger partial charge >= 0.3 is 0 Å². The Morgan fingerprint density at radius 2 is 1.90 bits per heavy atom. The molecule has 0 spiro atoms. The quantitative estimate of drug-likeness (QED) is 0.693. The van der Waals surface area contributed by atoms with Crippen molar-refractivity contribution in [2.24, 2.45) is 0 Å². The second-order valence-corrected chi connectivity index (χ2v) is 6.89. The van der Waals surface area contributed by atoms with Crippen LogP contribution in [0.15, 0.2) is 48.5 Å². The Hall–Kier alpha value is -0.620. The molecule has 2 atom stereocenters. The Morgan fingerprint density at radius 1 is 1.19 bits per heavy atom. The summed E-state index contributed by atoms with van der Waals surface area (Å²) in [6.07, 6.45) is 0.405. The van der Waals surface area contributed by atoms with E-state index in [1.165, 1.54) is 9.13 Å². The normalized spacial score (nSPS) is 13.9. The molecular formula is C17H19ClINO. The highest BCUT2D eigenvalue weighted by atomic mass is 127. The minimum atomic E-state index is -0.539. The van der Waals surface area contributed by atoms with E-state index in [0.717, 1.165) is 12.0 Å². The molecule has 0 aromatic heterocycles. The summed E-state index contributed by atoms with van der Waals surface area (Å²) in [6.45, 7) is 2.65. The molecule has 2 aromatic carbocycles. The van der Waals surface area contributed by atoms with Crippen molar-refractivity contribution in [2.45, 2.75) is 25.5 Å². The van der Waals surface area contributed by atoms with Crippen LogP contribution >= 0.6 is 34.2 Å². The van der Waals surface area contributed by atoms with Crippen LogP contribution in [0.25, 0.3) is 0 Å². The molecule has 2 aromatic rings. The molecule has 2 nitrogen and oxygen atoms in total. The molecule has 4 heteroatoms. The molecule has 112 valence electrons. The summed E-state index contributed by atoms with van der Waals surface area (Å²) in [5, 5.41) is 14.2. The molecule has 0 unspecified atom stereocenters. The van der Waals surface area contributed by atoms with E-state index >= 15 is 0 Å². The maximum atomic E-state index is 10.2. The van der Waals surface area contributed by atoms with E-state index in [1.54, 1.807) is 6.07 Å². The fraction of sp³-hybridized carbons (Fsp3) is 0.294. The average Bonchev–Trinajstić information content (AvgIpc) is 2.47. The number of aliphatic hydroxyl groups excluding tert-OH is 1. The number of halogens is 2. The van der Waals surface area contributed by atoms with Crippen molar-refractivity contribution in [1.29, 1.82) is 0 Å². The van der Waals surface area contributed by atoms with Gasteiger partial charge in [-0.25, -0.2) is 0 Å². The van der Waals surface area contributed by atoms with Crippen molar-refractivity contribution in [3.05, 3.63) is 68.3 Å². The summed E-state index contributed by atoms with van der Waals surface area (Å²) in [7, 11) is 0. The second kappa shape index (κ2) is 8.13. The van der Waals surface area contributed by atoms with Crippen molar-refractivity contribution in [3.8, 4) is 0 Å². The largest absolute Gasteiger partial charge is 0.387 e. The second-order valence-electron chi connectivity index (χ2n) is 5.21. The van der Waals surface area contributed by atoms with E-state index in [2.05, 4.69) is 59.1 Å². The Balaban J connectivity index is 1.83. The Bertz CT molecular complexity index is 573. The molecule has 0 aliphatic rings. The van der Waals surface area contributed by atoms with Crippen molar-refractivity contribution in [2.75, 3.05) is 6.54 Å². The van der Waals surface area contributed by atoms with Crippen LogP contribution in [0.5, 0.6) is 0 Å². The Kier molecular flexibility index (Phi) is 6.48. The SMILES string of the molecule is C[C@H](Cc1ccc(I)cc1)NC[C@H](O)c1cccc(Cl)c1. The smallest absolute Gasteiger partial charge is 0.0914 e. The van der Waals surface area contributed by atoms with Gasteiger partial charge in [-0.05, 0) is 71.3 Å². The number of rotatable bonds is 6. The molecule has 0 aliphatic heterocycles. The summed E-state index contributed by atoms with van der Waals surface area (Å²) in [6, 6.07) is 16.2. The zero-order chi connectivity index (χ0) is 15.2. The molecule has 0 bridgehead atoms. The minimum Gasteiger partial charge on any atom is -0.387 e. The zero-order valence-electron chi connectivity index (χ0n) is 11.9. The van der Waals surface area contributed by atoms with E-state index in [-0.39, 0.29) is 0 Å². The van der Waals surface area contributed by atoms with E-state index in [9.17, 15) is 5.11 Å². The topological polar surface area (TPSA) is 32.3 Å². The molecule has 0 heterocycles. The number of hydrogen-bond donors (Lipinski definition) is 2. The van der Waals surface area contributed by atoms with Gasteiger partial charge in [0.25, 0.3) is 0 Å². The molecule has 0 fully saturated rings. The summed E-state index contributed by atoms with van der Waals surface area (Å²) in [5.74, 6) is 0. The van der Waals surface area contributed by atoms with E-state index in [0.29, 0.717) is 17.6 Å². The molecule has 0 aliphatic carbocycles. The first kappa shape index (κ1) is 16.7. The average molecular weight is 416 g/mol. The molecule has 0 saturated heterocycles. The summed E-state index contributed by atoms with van der Waals surface area (Å²) < 4.78 is 1.24. The van der Waals surface area contributed by atoms with Crippen molar-refractivity contribution >= 4 is 34.2 Å². The monoisotopic (exact) mass is 415 g/mol. The molecule has 2 rings (SSSR count). The first-order chi connectivity index (χ1) is 10.0. The van der Waals surface area contributed by atoms with Crippen molar-refractivity contribution < 1.29 is 5.11 Å². The summed E-state index contributed by atoms with van der Waals surface area (Å²) in [4.78, 5) is 0. The number of benzene rings is 2. The maximum Gasteiger partial charge on any atom is 0.0914 e. The summed E-state index contributed by atoms with van der Waals surface area (Å²) in [5.41, 5.74) is 2.14. The van der Waals surface area contributed by atoms with Crippen molar-refractivity contribution in [1.82, 2.24) is 5.32 Å². The lowest BCUT2D eigenvalue weighted by molar-refractivity contribution is 0.170. The number of hydrogen-bond acceptors (Lipinski definition) is 2. The van der Waals surface area contributed by atoms with Crippen LogP contribution in [0.3, 0.4) is 0 Å². The standard InChI is InChI=1S/C17H19ClINO/c1-12(9-13-5-7-16(19)8-6-13)20-11-17(21)14-3-2-4-15(18)10-14/h2-8,10,12,17,20-21H,9,11H2,1H3/t12-,17+/m1/s1. The minimum absolute atomic E-state index is 0.305. The molecule has 21 heavy (non-hydrogen) atoms. The van der Waals surface area contributed by atoms with Crippen LogP contribution in [0, 0.1) is 3.57 Å². The van der Waals surface area contributed by atoms with Crippen LogP contribution in [-0.4, -0.2) is 17.7 Å². The third-order valence-electron chi connectivity index (χ3n) is 3.35. The summed E-state index contributed by atoms with van der Waals surface area (Å²) >= 11 is 8.24. The fourth-order valence-electron chi connectivity index (χ4n) is 2.19. The molecule has 0 radical (unpaired) electrons. The third-order valence-corrected chi connectivity index (χ3v) is 4.30. The molecular weight excluding hydrogens is 397 g/mol. The van der Waals surface area contributed by atoms with Crippen LogP contribution in [0.4, 0.5) is 0 Å². The van der Waals surface area contributed by atoms with Gasteiger partial charge in [-0.3, -0.25) is 0 Å². The highest BCUT2D eigenvalue weighted by Gasteiger charge is 2.10. The van der Waals surface area contributed by atoms with Crippen LogP contribution in [0.1, 0.15) is 24.2 Å². The van der Waals surface area contributed by atoms with Crippen LogP contribution in [-0.2, 0) is 6.42 Å². The van der Waals surface area contributed by atoms with E-state index < -0.39 is 6.10 Å². The maximum absolute atomic E-state index is 10.2.